The van der Waals surface area contributed by atoms with Crippen LogP contribution < -0.4 is 5.32 Å². The fourth-order valence-electron chi connectivity index (χ4n) is 3.14. The van der Waals surface area contributed by atoms with Crippen molar-refractivity contribution in [1.29, 1.82) is 0 Å². The van der Waals surface area contributed by atoms with Gasteiger partial charge in [-0.25, -0.2) is 8.78 Å². The van der Waals surface area contributed by atoms with Crippen LogP contribution in [0.5, 0.6) is 0 Å². The maximum Gasteiger partial charge on any atom is 0.226 e. The highest BCUT2D eigenvalue weighted by Crippen LogP contribution is 2.24. The van der Waals surface area contributed by atoms with Crippen molar-refractivity contribution in [3.8, 4) is 11.4 Å². The van der Waals surface area contributed by atoms with Crippen molar-refractivity contribution in [2.45, 2.75) is 25.3 Å². The molecule has 164 valence electrons. The third-order valence-electron chi connectivity index (χ3n) is 4.81. The van der Waals surface area contributed by atoms with Gasteiger partial charge < -0.3 is 14.7 Å². The van der Waals surface area contributed by atoms with Gasteiger partial charge >= 0.3 is 0 Å². The fraction of sp³-hybridized carbons (Fsp3) is 0.318. The van der Waals surface area contributed by atoms with E-state index in [0.717, 1.165) is 5.56 Å². The minimum atomic E-state index is -0.638. The summed E-state index contributed by atoms with van der Waals surface area (Å²) in [6.45, 7) is 0.0883. The first-order valence-corrected chi connectivity index (χ1v) is 10.2. The molecule has 1 unspecified atom stereocenters. The number of rotatable bonds is 9. The second-order valence-electron chi connectivity index (χ2n) is 7.29. The predicted octanol–water partition coefficient (Wildman–Crippen LogP) is 4.41. The van der Waals surface area contributed by atoms with Crippen molar-refractivity contribution >= 4 is 17.5 Å². The number of hydrogen-bond donors (Lipinski definition) is 1. The van der Waals surface area contributed by atoms with Crippen molar-refractivity contribution < 1.29 is 18.1 Å². The van der Waals surface area contributed by atoms with E-state index in [4.69, 9.17) is 16.1 Å². The normalized spacial score (nSPS) is 12.2. The number of nitrogens with zero attached hydrogens (tertiary/aromatic N) is 3. The average Bonchev–Trinajstić information content (AvgIpc) is 3.19. The molecule has 1 aromatic heterocycles. The van der Waals surface area contributed by atoms with Crippen LogP contribution in [0.15, 0.2) is 47.0 Å². The molecule has 31 heavy (non-hydrogen) atoms. The van der Waals surface area contributed by atoms with Crippen LogP contribution in [-0.2, 0) is 11.2 Å². The van der Waals surface area contributed by atoms with E-state index < -0.39 is 17.7 Å². The highest BCUT2D eigenvalue weighted by molar-refractivity contribution is 6.30. The molecule has 0 fully saturated rings. The van der Waals surface area contributed by atoms with Gasteiger partial charge in [0, 0.05) is 35.5 Å². The molecule has 1 amide bonds. The van der Waals surface area contributed by atoms with Gasteiger partial charge in [-0.05, 0) is 56.9 Å². The van der Waals surface area contributed by atoms with Gasteiger partial charge in [0.15, 0.2) is 0 Å². The number of hydrogen-bond acceptors (Lipinski definition) is 5. The first-order chi connectivity index (χ1) is 14.8. The molecular formula is C22H23ClF2N4O2. The van der Waals surface area contributed by atoms with Gasteiger partial charge in [0.1, 0.15) is 11.6 Å². The third-order valence-corrected chi connectivity index (χ3v) is 5.07. The number of halogens is 3. The number of amides is 1. The second kappa shape index (κ2) is 10.5. The minimum Gasteiger partial charge on any atom is -0.354 e. The van der Waals surface area contributed by atoms with E-state index in [9.17, 15) is 13.6 Å². The summed E-state index contributed by atoms with van der Waals surface area (Å²) in [5.41, 5.74) is 0.723. The molecule has 0 aliphatic rings. The van der Waals surface area contributed by atoms with Crippen LogP contribution in [0, 0.1) is 11.6 Å². The van der Waals surface area contributed by atoms with Gasteiger partial charge in [-0.1, -0.05) is 22.8 Å². The Labute approximate surface area is 184 Å². The van der Waals surface area contributed by atoms with Gasteiger partial charge in [-0.3, -0.25) is 4.79 Å². The number of likely N-dealkylation sites (N-methyl/N-ethyl adjacent to an activating group) is 1. The van der Waals surface area contributed by atoms with E-state index in [1.165, 1.54) is 18.2 Å². The van der Waals surface area contributed by atoms with E-state index in [2.05, 4.69) is 15.5 Å². The molecular weight excluding hydrogens is 426 g/mol. The molecule has 9 heteroatoms. The summed E-state index contributed by atoms with van der Waals surface area (Å²) in [5, 5.41) is 7.30. The van der Waals surface area contributed by atoms with E-state index >= 15 is 0 Å². The largest absolute Gasteiger partial charge is 0.354 e. The van der Waals surface area contributed by atoms with Crippen molar-refractivity contribution in [2.75, 3.05) is 20.6 Å². The fourth-order valence-corrected chi connectivity index (χ4v) is 3.27. The standard InChI is InChI=1S/C22H23ClF2N4O2/c1-29(2)18(21-16(24)5-3-6-17(21)25)13-26-19(30)7-4-8-20-27-22(28-31-20)14-9-11-15(23)12-10-14/h3,5-6,9-12,18H,4,7-8,13H2,1-2H3,(H,26,30). The molecule has 0 spiro atoms. The van der Waals surface area contributed by atoms with Crippen LogP contribution in [-0.4, -0.2) is 41.6 Å². The lowest BCUT2D eigenvalue weighted by molar-refractivity contribution is -0.121. The molecule has 2 aromatic carbocycles. The van der Waals surface area contributed by atoms with Crippen LogP contribution >= 0.6 is 11.6 Å². The lowest BCUT2D eigenvalue weighted by atomic mass is 10.0. The lowest BCUT2D eigenvalue weighted by Gasteiger charge is -2.25. The monoisotopic (exact) mass is 448 g/mol. The molecule has 6 nitrogen and oxygen atoms in total. The van der Waals surface area contributed by atoms with Crippen molar-refractivity contribution in [3.05, 3.63) is 70.6 Å². The highest BCUT2D eigenvalue weighted by atomic mass is 35.5. The zero-order valence-electron chi connectivity index (χ0n) is 17.2. The predicted molar refractivity (Wildman–Crippen MR) is 113 cm³/mol. The summed E-state index contributed by atoms with van der Waals surface area (Å²) >= 11 is 5.87. The third kappa shape index (κ3) is 6.08. The van der Waals surface area contributed by atoms with Crippen LogP contribution in [0.2, 0.25) is 5.02 Å². The minimum absolute atomic E-state index is 0.0617. The first kappa shape index (κ1) is 22.8. The van der Waals surface area contributed by atoms with Crippen LogP contribution in [0.4, 0.5) is 8.78 Å². The summed E-state index contributed by atoms with van der Waals surface area (Å²) < 4.78 is 33.5. The SMILES string of the molecule is CN(C)C(CNC(=O)CCCc1nc(-c2ccc(Cl)cc2)no1)c1c(F)cccc1F. The summed E-state index contributed by atoms with van der Waals surface area (Å²) in [6, 6.07) is 10.2. The van der Waals surface area contributed by atoms with Crippen LogP contribution in [0.25, 0.3) is 11.4 Å². The molecule has 0 saturated carbocycles. The van der Waals surface area contributed by atoms with Gasteiger partial charge in [-0.2, -0.15) is 4.98 Å². The number of aryl methyl sites for hydroxylation is 1. The van der Waals surface area contributed by atoms with Gasteiger partial charge in [0.2, 0.25) is 17.6 Å². The van der Waals surface area contributed by atoms with E-state index in [1.807, 2.05) is 0 Å². The molecule has 0 aliphatic carbocycles. The molecule has 1 atom stereocenters. The summed E-state index contributed by atoms with van der Waals surface area (Å²) in [6.07, 6.45) is 1.15. The van der Waals surface area contributed by atoms with Crippen molar-refractivity contribution in [2.24, 2.45) is 0 Å². The van der Waals surface area contributed by atoms with Gasteiger partial charge in [-0.15, -0.1) is 0 Å². The second-order valence-corrected chi connectivity index (χ2v) is 7.73. The molecule has 1 heterocycles. The Bertz CT molecular complexity index is 1000. The Kier molecular flexibility index (Phi) is 7.70. The summed E-state index contributed by atoms with van der Waals surface area (Å²) in [7, 11) is 3.41. The maximum absolute atomic E-state index is 14.1. The smallest absolute Gasteiger partial charge is 0.226 e. The molecule has 3 rings (SSSR count). The molecule has 0 saturated heterocycles. The topological polar surface area (TPSA) is 71.3 Å². The zero-order chi connectivity index (χ0) is 22.4. The summed E-state index contributed by atoms with van der Waals surface area (Å²) in [4.78, 5) is 18.2. The Morgan fingerprint density at radius 3 is 2.48 bits per heavy atom. The van der Waals surface area contributed by atoms with Crippen LogP contribution in [0.3, 0.4) is 0 Å². The van der Waals surface area contributed by atoms with Crippen molar-refractivity contribution in [3.63, 3.8) is 0 Å². The Hall–Kier alpha value is -2.84. The number of aromatic nitrogens is 2. The lowest BCUT2D eigenvalue weighted by Crippen LogP contribution is -2.35. The number of carbonyl (C=O) groups excluding carboxylic acids is 1. The molecule has 0 aliphatic heterocycles. The van der Waals surface area contributed by atoms with Gasteiger partial charge in [0.05, 0.1) is 6.04 Å². The first-order valence-electron chi connectivity index (χ1n) is 9.80. The maximum atomic E-state index is 14.1. The number of carbonyl (C=O) groups is 1. The number of nitrogens with one attached hydrogen (secondary N) is 1. The highest BCUT2D eigenvalue weighted by Gasteiger charge is 2.22. The van der Waals surface area contributed by atoms with Crippen LogP contribution in [0.1, 0.15) is 30.3 Å². The van der Waals surface area contributed by atoms with Gasteiger partial charge in [0.25, 0.3) is 0 Å². The van der Waals surface area contributed by atoms with E-state index in [-0.39, 0.29) is 24.4 Å². The molecule has 1 N–H and O–H groups in total. The quantitative estimate of drug-likeness (QED) is 0.525. The van der Waals surface area contributed by atoms with E-state index in [1.54, 1.807) is 43.3 Å². The number of benzene rings is 2. The Balaban J connectivity index is 1.49. The molecule has 0 radical (unpaired) electrons. The molecule has 3 aromatic rings. The van der Waals surface area contributed by atoms with E-state index in [0.29, 0.717) is 29.6 Å². The average molecular weight is 449 g/mol. The molecule has 0 bridgehead atoms. The summed E-state index contributed by atoms with van der Waals surface area (Å²) in [5.74, 6) is -0.614. The van der Waals surface area contributed by atoms with Crippen molar-refractivity contribution in [1.82, 2.24) is 20.4 Å². The zero-order valence-corrected chi connectivity index (χ0v) is 18.0. The Morgan fingerprint density at radius 2 is 1.84 bits per heavy atom. The Morgan fingerprint density at radius 1 is 1.16 bits per heavy atom.